The molecule has 2 aromatic rings. The lowest BCUT2D eigenvalue weighted by atomic mass is 10.0. The van der Waals surface area contributed by atoms with Crippen LogP contribution in [-0.4, -0.2) is 6.04 Å². The number of nitrogens with one attached hydrogen (secondary N) is 1. The molecule has 0 aliphatic carbocycles. The summed E-state index contributed by atoms with van der Waals surface area (Å²) in [5.74, 6) is -0.165. The molecule has 0 spiro atoms. The maximum absolute atomic E-state index is 13.2. The first-order valence-electron chi connectivity index (χ1n) is 7.11. The van der Waals surface area contributed by atoms with E-state index in [2.05, 4.69) is 50.4 Å². The molecule has 20 heavy (non-hydrogen) atoms. The van der Waals surface area contributed by atoms with Gasteiger partial charge in [0, 0.05) is 12.1 Å². The molecule has 2 heteroatoms. The summed E-state index contributed by atoms with van der Waals surface area (Å²) in [6.07, 6.45) is 0.827. The number of benzene rings is 2. The van der Waals surface area contributed by atoms with E-state index in [4.69, 9.17) is 0 Å². The Hall–Kier alpha value is -1.67. The minimum Gasteiger partial charge on any atom is -0.307 e. The number of hydrogen-bond acceptors (Lipinski definition) is 1. The highest BCUT2D eigenvalue weighted by molar-refractivity contribution is 5.25. The summed E-state index contributed by atoms with van der Waals surface area (Å²) in [4.78, 5) is 0. The third-order valence-electron chi connectivity index (χ3n) is 3.51. The Balaban J connectivity index is 1.95. The summed E-state index contributed by atoms with van der Waals surface area (Å²) < 4.78 is 13.2. The Labute approximate surface area is 120 Å². The maximum Gasteiger partial charge on any atom is 0.123 e. The van der Waals surface area contributed by atoms with E-state index in [9.17, 15) is 4.39 Å². The van der Waals surface area contributed by atoms with Gasteiger partial charge in [-0.05, 0) is 50.5 Å². The van der Waals surface area contributed by atoms with Crippen LogP contribution >= 0.6 is 0 Å². The van der Waals surface area contributed by atoms with Gasteiger partial charge in [-0.3, -0.25) is 0 Å². The lowest BCUT2D eigenvalue weighted by molar-refractivity contribution is 0.476. The van der Waals surface area contributed by atoms with Crippen molar-refractivity contribution < 1.29 is 4.39 Å². The molecule has 0 saturated heterocycles. The molecule has 2 rings (SSSR count). The average Bonchev–Trinajstić information content (AvgIpc) is 2.38. The minimum absolute atomic E-state index is 0.165. The second-order valence-electron chi connectivity index (χ2n) is 5.54. The van der Waals surface area contributed by atoms with Crippen LogP contribution in [0.2, 0.25) is 0 Å². The molecule has 0 bridgehead atoms. The van der Waals surface area contributed by atoms with E-state index >= 15 is 0 Å². The van der Waals surface area contributed by atoms with Gasteiger partial charge >= 0.3 is 0 Å². The average molecular weight is 271 g/mol. The highest BCUT2D eigenvalue weighted by Crippen LogP contribution is 2.15. The fraction of sp³-hybridized carbons (Fsp3) is 0.333. The molecule has 0 amide bonds. The number of aryl methyl sites for hydroxylation is 1. The summed E-state index contributed by atoms with van der Waals surface area (Å²) in [6, 6.07) is 15.9. The first-order chi connectivity index (χ1) is 9.54. The Bertz CT molecular complexity index is 565. The van der Waals surface area contributed by atoms with Gasteiger partial charge in [-0.1, -0.05) is 42.0 Å². The summed E-state index contributed by atoms with van der Waals surface area (Å²) in [5, 5.41) is 3.57. The van der Waals surface area contributed by atoms with Crippen molar-refractivity contribution in [2.45, 2.75) is 39.3 Å². The molecular weight excluding hydrogens is 249 g/mol. The van der Waals surface area contributed by atoms with Crippen LogP contribution in [0.1, 0.15) is 36.6 Å². The Morgan fingerprint density at radius 2 is 1.80 bits per heavy atom. The zero-order valence-electron chi connectivity index (χ0n) is 12.4. The van der Waals surface area contributed by atoms with Gasteiger partial charge in [0.25, 0.3) is 0 Å². The zero-order valence-corrected chi connectivity index (χ0v) is 12.4. The van der Waals surface area contributed by atoms with Gasteiger partial charge < -0.3 is 5.32 Å². The SMILES string of the molecule is Cc1cccc([C@H](C)NC(C)Cc2cccc(F)c2)c1. The molecule has 0 saturated carbocycles. The maximum atomic E-state index is 13.2. The third-order valence-corrected chi connectivity index (χ3v) is 3.51. The van der Waals surface area contributed by atoms with Crippen molar-refractivity contribution in [1.82, 2.24) is 5.32 Å². The molecular formula is C18H22FN. The highest BCUT2D eigenvalue weighted by atomic mass is 19.1. The largest absolute Gasteiger partial charge is 0.307 e. The predicted molar refractivity (Wildman–Crippen MR) is 82.3 cm³/mol. The highest BCUT2D eigenvalue weighted by Gasteiger charge is 2.10. The first kappa shape index (κ1) is 14.7. The van der Waals surface area contributed by atoms with Gasteiger partial charge in [0.15, 0.2) is 0 Å². The molecule has 2 aromatic carbocycles. The van der Waals surface area contributed by atoms with Crippen molar-refractivity contribution in [2.24, 2.45) is 0 Å². The van der Waals surface area contributed by atoms with Gasteiger partial charge in [0.05, 0.1) is 0 Å². The van der Waals surface area contributed by atoms with Crippen LogP contribution in [-0.2, 0) is 6.42 Å². The zero-order chi connectivity index (χ0) is 14.5. The molecule has 0 aliphatic rings. The first-order valence-corrected chi connectivity index (χ1v) is 7.11. The van der Waals surface area contributed by atoms with Gasteiger partial charge in [0.2, 0.25) is 0 Å². The van der Waals surface area contributed by atoms with Crippen LogP contribution in [0, 0.1) is 12.7 Å². The second-order valence-corrected chi connectivity index (χ2v) is 5.54. The molecule has 0 heterocycles. The summed E-state index contributed by atoms with van der Waals surface area (Å²) in [6.45, 7) is 6.40. The quantitative estimate of drug-likeness (QED) is 0.849. The topological polar surface area (TPSA) is 12.0 Å². The lowest BCUT2D eigenvalue weighted by Crippen LogP contribution is -2.30. The van der Waals surface area contributed by atoms with E-state index in [1.54, 1.807) is 12.1 Å². The van der Waals surface area contributed by atoms with Crippen LogP contribution < -0.4 is 5.32 Å². The molecule has 0 fully saturated rings. The molecule has 0 radical (unpaired) electrons. The van der Waals surface area contributed by atoms with E-state index in [1.165, 1.54) is 17.2 Å². The number of hydrogen-bond donors (Lipinski definition) is 1. The van der Waals surface area contributed by atoms with Gasteiger partial charge in [-0.25, -0.2) is 4.39 Å². The molecule has 2 atom stereocenters. The molecule has 1 unspecified atom stereocenters. The van der Waals surface area contributed by atoms with Crippen molar-refractivity contribution in [3.8, 4) is 0 Å². The fourth-order valence-corrected chi connectivity index (χ4v) is 2.54. The Kier molecular flexibility index (Phi) is 4.91. The number of halogens is 1. The molecule has 1 N–H and O–H groups in total. The van der Waals surface area contributed by atoms with E-state index in [0.717, 1.165) is 12.0 Å². The van der Waals surface area contributed by atoms with Crippen molar-refractivity contribution in [1.29, 1.82) is 0 Å². The third kappa shape index (κ3) is 4.17. The van der Waals surface area contributed by atoms with Gasteiger partial charge in [0.1, 0.15) is 5.82 Å². The predicted octanol–water partition coefficient (Wildman–Crippen LogP) is 4.42. The summed E-state index contributed by atoms with van der Waals surface area (Å²) in [5.41, 5.74) is 3.59. The Morgan fingerprint density at radius 1 is 1.05 bits per heavy atom. The second kappa shape index (κ2) is 6.67. The van der Waals surface area contributed by atoms with Crippen molar-refractivity contribution >= 4 is 0 Å². The van der Waals surface area contributed by atoms with Crippen LogP contribution in [0.3, 0.4) is 0 Å². The Morgan fingerprint density at radius 3 is 2.50 bits per heavy atom. The van der Waals surface area contributed by atoms with E-state index in [0.29, 0.717) is 12.1 Å². The van der Waals surface area contributed by atoms with Gasteiger partial charge in [-0.15, -0.1) is 0 Å². The van der Waals surface area contributed by atoms with Crippen molar-refractivity contribution in [2.75, 3.05) is 0 Å². The fourth-order valence-electron chi connectivity index (χ4n) is 2.54. The molecule has 106 valence electrons. The smallest absolute Gasteiger partial charge is 0.123 e. The minimum atomic E-state index is -0.165. The van der Waals surface area contributed by atoms with Crippen LogP contribution in [0.25, 0.3) is 0 Å². The normalized spacial score (nSPS) is 14.0. The van der Waals surface area contributed by atoms with Crippen molar-refractivity contribution in [3.63, 3.8) is 0 Å². The van der Waals surface area contributed by atoms with E-state index in [1.807, 2.05) is 6.07 Å². The van der Waals surface area contributed by atoms with E-state index in [-0.39, 0.29) is 5.82 Å². The summed E-state index contributed by atoms with van der Waals surface area (Å²) >= 11 is 0. The number of rotatable bonds is 5. The van der Waals surface area contributed by atoms with Crippen molar-refractivity contribution in [3.05, 3.63) is 71.0 Å². The van der Waals surface area contributed by atoms with Crippen LogP contribution in [0.5, 0.6) is 0 Å². The molecule has 1 nitrogen and oxygen atoms in total. The van der Waals surface area contributed by atoms with Gasteiger partial charge in [-0.2, -0.15) is 0 Å². The monoisotopic (exact) mass is 271 g/mol. The lowest BCUT2D eigenvalue weighted by Gasteiger charge is -2.21. The summed E-state index contributed by atoms with van der Waals surface area (Å²) in [7, 11) is 0. The van der Waals surface area contributed by atoms with Crippen LogP contribution in [0.4, 0.5) is 4.39 Å². The molecule has 0 aliphatic heterocycles. The van der Waals surface area contributed by atoms with Crippen LogP contribution in [0.15, 0.2) is 48.5 Å². The standard InChI is InChI=1S/C18H22FN/c1-13-6-4-8-17(10-13)15(3)20-14(2)11-16-7-5-9-18(19)12-16/h4-10,12,14-15,20H,11H2,1-3H3/t14?,15-/m0/s1. The molecule has 0 aromatic heterocycles. The van der Waals surface area contributed by atoms with E-state index < -0.39 is 0 Å².